The van der Waals surface area contributed by atoms with Gasteiger partial charge in [-0.25, -0.2) is 22.0 Å². The van der Waals surface area contributed by atoms with Crippen LogP contribution in [-0.4, -0.2) is 6.61 Å². The summed E-state index contributed by atoms with van der Waals surface area (Å²) in [7, 11) is 0. The van der Waals surface area contributed by atoms with Crippen molar-refractivity contribution in [3.05, 3.63) is 88.7 Å². The van der Waals surface area contributed by atoms with E-state index in [1.807, 2.05) is 0 Å². The lowest BCUT2D eigenvalue weighted by Crippen LogP contribution is -2.25. The van der Waals surface area contributed by atoms with E-state index in [1.54, 1.807) is 24.3 Å². The first-order valence-corrected chi connectivity index (χ1v) is 12.5. The van der Waals surface area contributed by atoms with E-state index in [4.69, 9.17) is 4.74 Å². The molecule has 1 aliphatic carbocycles. The van der Waals surface area contributed by atoms with Gasteiger partial charge < -0.3 is 9.47 Å². The summed E-state index contributed by atoms with van der Waals surface area (Å²) < 4.78 is 109. The van der Waals surface area contributed by atoms with E-state index in [9.17, 15) is 30.7 Å². The molecule has 0 amide bonds. The summed E-state index contributed by atoms with van der Waals surface area (Å²) >= 11 is 0. The normalized spacial score (nSPS) is 20.6. The Bertz CT molecular complexity index is 1250. The molecule has 3 aromatic carbocycles. The molecule has 2 atom stereocenters. The molecule has 0 unspecified atom stereocenters. The fraction of sp³-hybridized carbons (Fsp3) is 0.379. The van der Waals surface area contributed by atoms with Crippen LogP contribution in [0.4, 0.5) is 30.7 Å². The number of benzene rings is 3. The first kappa shape index (κ1) is 26.5. The summed E-state index contributed by atoms with van der Waals surface area (Å²) in [5.74, 6) is -8.52. The van der Waals surface area contributed by atoms with Crippen LogP contribution in [0.2, 0.25) is 0 Å². The van der Waals surface area contributed by atoms with E-state index in [-0.39, 0.29) is 23.8 Å². The lowest BCUT2D eigenvalue weighted by Gasteiger charge is -2.32. The van der Waals surface area contributed by atoms with Crippen molar-refractivity contribution < 1.29 is 40.2 Å². The third-order valence-electron chi connectivity index (χ3n) is 7.53. The number of hydrogen-bond acceptors (Lipinski definition) is 2. The molecule has 1 aliphatic heterocycles. The average molecular weight is 539 g/mol. The van der Waals surface area contributed by atoms with E-state index in [1.165, 1.54) is 25.7 Å². The highest BCUT2D eigenvalue weighted by Gasteiger charge is 2.41. The fourth-order valence-corrected chi connectivity index (χ4v) is 5.53. The highest BCUT2D eigenvalue weighted by Crippen LogP contribution is 2.41. The first-order chi connectivity index (χ1) is 18.1. The number of hydrogen-bond donors (Lipinski definition) is 0. The second-order valence-corrected chi connectivity index (χ2v) is 9.96. The lowest BCUT2D eigenvalue weighted by molar-refractivity contribution is -0.189. The lowest BCUT2D eigenvalue weighted by atomic mass is 9.84. The summed E-state index contributed by atoms with van der Waals surface area (Å²) in [4.78, 5) is 0. The van der Waals surface area contributed by atoms with E-state index in [2.05, 4.69) is 4.74 Å². The summed E-state index contributed by atoms with van der Waals surface area (Å²) in [5, 5.41) is 0. The van der Waals surface area contributed by atoms with Crippen molar-refractivity contribution in [2.45, 2.75) is 50.7 Å². The first-order valence-electron chi connectivity index (χ1n) is 12.5. The molecule has 0 bridgehead atoms. The van der Waals surface area contributed by atoms with Gasteiger partial charge in [0.1, 0.15) is 22.9 Å². The predicted octanol–water partition coefficient (Wildman–Crippen LogP) is 8.84. The number of alkyl halides is 2. The maximum Gasteiger partial charge on any atom is 0.432 e. The van der Waals surface area contributed by atoms with Crippen LogP contribution in [0.25, 0.3) is 11.1 Å². The van der Waals surface area contributed by atoms with Crippen molar-refractivity contribution in [3.8, 4) is 16.9 Å². The molecule has 2 fully saturated rings. The van der Waals surface area contributed by atoms with Crippen molar-refractivity contribution >= 4 is 0 Å². The van der Waals surface area contributed by atoms with Crippen molar-refractivity contribution in [3.63, 3.8) is 0 Å². The van der Waals surface area contributed by atoms with E-state index in [0.717, 1.165) is 36.5 Å². The largest absolute Gasteiger partial charge is 0.432 e. The van der Waals surface area contributed by atoms with Crippen LogP contribution in [-0.2, 0) is 10.8 Å². The second-order valence-electron chi connectivity index (χ2n) is 9.96. The second kappa shape index (κ2) is 10.6. The minimum atomic E-state index is -4.64. The van der Waals surface area contributed by atoms with Gasteiger partial charge in [-0.05, 0) is 53.5 Å². The summed E-state index contributed by atoms with van der Waals surface area (Å²) in [6.07, 6.45) is 2.36. The minimum absolute atomic E-state index is 0.0100. The number of ether oxygens (including phenoxy) is 2. The monoisotopic (exact) mass is 538 g/mol. The average Bonchev–Trinajstić information content (AvgIpc) is 3.42. The van der Waals surface area contributed by atoms with E-state index < -0.39 is 46.5 Å². The fourth-order valence-electron chi connectivity index (χ4n) is 5.53. The summed E-state index contributed by atoms with van der Waals surface area (Å²) in [5.41, 5.74) is -0.411. The van der Waals surface area contributed by atoms with Gasteiger partial charge in [-0.1, -0.05) is 49.9 Å². The Morgan fingerprint density at radius 3 is 1.84 bits per heavy atom. The molecule has 2 aliphatic rings. The van der Waals surface area contributed by atoms with Crippen LogP contribution in [0.1, 0.15) is 55.8 Å². The minimum Gasteiger partial charge on any atom is -0.429 e. The van der Waals surface area contributed by atoms with Crippen molar-refractivity contribution in [2.75, 3.05) is 6.61 Å². The predicted molar refractivity (Wildman–Crippen MR) is 126 cm³/mol. The zero-order valence-electron chi connectivity index (χ0n) is 20.3. The Morgan fingerprint density at radius 2 is 1.29 bits per heavy atom. The van der Waals surface area contributed by atoms with Gasteiger partial charge in [0.25, 0.3) is 0 Å². The third-order valence-corrected chi connectivity index (χ3v) is 7.53. The van der Waals surface area contributed by atoms with Crippen molar-refractivity contribution in [2.24, 2.45) is 11.8 Å². The summed E-state index contributed by atoms with van der Waals surface area (Å²) in [6.45, 7) is 0.711. The number of halogens is 7. The van der Waals surface area contributed by atoms with Crippen LogP contribution >= 0.6 is 0 Å². The van der Waals surface area contributed by atoms with Gasteiger partial charge in [-0.2, -0.15) is 8.78 Å². The summed E-state index contributed by atoms with van der Waals surface area (Å²) in [6, 6.07) is 8.60. The molecule has 1 saturated heterocycles. The quantitative estimate of drug-likeness (QED) is 0.231. The molecule has 0 radical (unpaired) electrons. The van der Waals surface area contributed by atoms with Crippen molar-refractivity contribution in [1.82, 2.24) is 0 Å². The molecule has 0 N–H and O–H groups in total. The van der Waals surface area contributed by atoms with Gasteiger partial charge in [-0.3, -0.25) is 0 Å². The molecule has 1 heterocycles. The van der Waals surface area contributed by atoms with Crippen LogP contribution in [0.3, 0.4) is 0 Å². The topological polar surface area (TPSA) is 18.5 Å². The zero-order chi connectivity index (χ0) is 27.0. The van der Waals surface area contributed by atoms with Crippen LogP contribution in [0.15, 0.2) is 48.5 Å². The molecular weight excluding hydrogens is 513 g/mol. The Balaban J connectivity index is 1.30. The van der Waals surface area contributed by atoms with Gasteiger partial charge in [0, 0.05) is 12.1 Å². The van der Waals surface area contributed by atoms with Gasteiger partial charge in [-0.15, -0.1) is 0 Å². The molecule has 202 valence electrons. The SMILES string of the molecule is Fc1cc(OC(F)(F)c2c(F)cc(-c3ccc([C@H]4CC[C@H](C5CCCC5)CO4)cc3)cc2F)cc(F)c1F. The standard InChI is InChI=1S/C29H25F7O2/c30-22-11-20(12-23(31)27(22)29(35,36)38-21-13-24(32)28(34)25(33)14-21)17-5-7-18(8-6-17)26-10-9-19(15-37-26)16-3-1-2-4-16/h5-8,11-14,16,19,26H,1-4,9-10,15H2/t19-,26+/m0/s1. The van der Waals surface area contributed by atoms with Crippen molar-refractivity contribution in [1.29, 1.82) is 0 Å². The molecule has 3 aromatic rings. The molecule has 38 heavy (non-hydrogen) atoms. The Hall–Kier alpha value is -3.07. The molecular formula is C29H25F7O2. The molecule has 1 saturated carbocycles. The molecule has 5 rings (SSSR count). The van der Waals surface area contributed by atoms with Gasteiger partial charge in [0.15, 0.2) is 17.5 Å². The Morgan fingerprint density at radius 1 is 0.684 bits per heavy atom. The van der Waals surface area contributed by atoms with Crippen LogP contribution < -0.4 is 4.74 Å². The van der Waals surface area contributed by atoms with E-state index >= 15 is 0 Å². The number of rotatable bonds is 6. The van der Waals surface area contributed by atoms with E-state index in [0.29, 0.717) is 18.1 Å². The maximum absolute atomic E-state index is 14.7. The smallest absolute Gasteiger partial charge is 0.429 e. The highest BCUT2D eigenvalue weighted by atomic mass is 19.3. The maximum atomic E-state index is 14.7. The molecule has 9 heteroatoms. The van der Waals surface area contributed by atoms with Gasteiger partial charge in [0.05, 0.1) is 12.7 Å². The zero-order valence-corrected chi connectivity index (χ0v) is 20.3. The third kappa shape index (κ3) is 5.39. The molecule has 0 spiro atoms. The highest BCUT2D eigenvalue weighted by molar-refractivity contribution is 5.64. The molecule has 2 nitrogen and oxygen atoms in total. The van der Waals surface area contributed by atoms with Crippen LogP contribution in [0.5, 0.6) is 5.75 Å². The Labute approximate surface area is 215 Å². The Kier molecular flexibility index (Phi) is 7.40. The molecule has 0 aromatic heterocycles. The van der Waals surface area contributed by atoms with Gasteiger partial charge in [0.2, 0.25) is 0 Å². The van der Waals surface area contributed by atoms with Gasteiger partial charge >= 0.3 is 6.11 Å². The van der Waals surface area contributed by atoms with Crippen LogP contribution in [0, 0.1) is 40.9 Å².